The third-order valence-electron chi connectivity index (χ3n) is 1.29. The number of nitrogens with two attached hydrogens (primary N) is 1. The van der Waals surface area contributed by atoms with Crippen molar-refractivity contribution in [1.29, 1.82) is 0 Å². The molecule has 5 heteroatoms. The van der Waals surface area contributed by atoms with Crippen LogP contribution in [0.15, 0.2) is 18.2 Å². The van der Waals surface area contributed by atoms with E-state index in [2.05, 4.69) is 12.2 Å². The Bertz CT molecular complexity index is 332. The Hall–Kier alpha value is -0.870. The Morgan fingerprint density at radius 1 is 1.62 bits per heavy atom. The van der Waals surface area contributed by atoms with E-state index in [4.69, 9.17) is 22.1 Å². The molecule has 0 aliphatic rings. The highest BCUT2D eigenvalue weighted by Crippen LogP contribution is 2.23. The van der Waals surface area contributed by atoms with Crippen LogP contribution in [0.1, 0.15) is 0 Å². The molecule has 0 aliphatic carbocycles. The molecular weight excluding hydrogens is 213 g/mol. The van der Waals surface area contributed by atoms with Gasteiger partial charge in [0.2, 0.25) is 0 Å². The van der Waals surface area contributed by atoms with Gasteiger partial charge in [-0.25, -0.2) is 4.39 Å². The van der Waals surface area contributed by atoms with Gasteiger partial charge in [0.25, 0.3) is 0 Å². The van der Waals surface area contributed by atoms with Crippen LogP contribution in [0.5, 0.6) is 5.75 Å². The Balaban J connectivity index is 2.77. The summed E-state index contributed by atoms with van der Waals surface area (Å²) in [5, 5.41) is 0.0143. The van der Waals surface area contributed by atoms with Crippen LogP contribution >= 0.6 is 23.8 Å². The Morgan fingerprint density at radius 2 is 2.31 bits per heavy atom. The second-order valence-electron chi connectivity index (χ2n) is 2.31. The average Bonchev–Trinajstić information content (AvgIpc) is 2.07. The molecule has 0 unspecified atom stereocenters. The molecule has 1 aromatic rings. The fourth-order valence-corrected chi connectivity index (χ4v) is 0.969. The summed E-state index contributed by atoms with van der Waals surface area (Å²) in [5.74, 6) is -0.541. The third kappa shape index (κ3) is 2.82. The van der Waals surface area contributed by atoms with Gasteiger partial charge in [-0.1, -0.05) is 29.9 Å². The average molecular weight is 220 g/mol. The molecule has 13 heavy (non-hydrogen) atoms. The van der Waals surface area contributed by atoms with Crippen molar-refractivity contribution in [3.05, 3.63) is 29.0 Å². The number of hydrogen-bond acceptors (Lipinski definition) is 2. The summed E-state index contributed by atoms with van der Waals surface area (Å²) in [5.41, 5.74) is 5.18. The molecule has 70 valence electrons. The lowest BCUT2D eigenvalue weighted by Crippen LogP contribution is -2.18. The zero-order valence-electron chi connectivity index (χ0n) is 6.59. The first kappa shape index (κ1) is 10.2. The largest absolute Gasteiger partial charge is 0.483 e. The van der Waals surface area contributed by atoms with Crippen LogP contribution in [0.4, 0.5) is 4.39 Å². The second-order valence-corrected chi connectivity index (χ2v) is 3.24. The van der Waals surface area contributed by atoms with Crippen LogP contribution in [0.25, 0.3) is 0 Å². The molecule has 0 atom stereocenters. The molecular formula is C8H7ClFNOS. The monoisotopic (exact) mass is 219 g/mol. The molecule has 0 fully saturated rings. The molecule has 1 rings (SSSR count). The van der Waals surface area contributed by atoms with Crippen molar-refractivity contribution in [2.24, 2.45) is 5.73 Å². The Morgan fingerprint density at radius 3 is 2.92 bits per heavy atom. The maximum Gasteiger partial charge on any atom is 0.183 e. The highest BCUT2D eigenvalue weighted by molar-refractivity contribution is 7.80. The SMILES string of the molecule is NC(=S)COc1cccc(Cl)c1F. The van der Waals surface area contributed by atoms with Crippen LogP contribution in [-0.2, 0) is 0 Å². The van der Waals surface area contributed by atoms with Crippen molar-refractivity contribution < 1.29 is 9.13 Å². The van der Waals surface area contributed by atoms with E-state index < -0.39 is 5.82 Å². The van der Waals surface area contributed by atoms with Crippen molar-refractivity contribution in [2.75, 3.05) is 6.61 Å². The lowest BCUT2D eigenvalue weighted by molar-refractivity contribution is 0.354. The maximum atomic E-state index is 13.1. The molecule has 0 aliphatic heterocycles. The Labute approximate surface area is 85.4 Å². The van der Waals surface area contributed by atoms with E-state index in [1.54, 1.807) is 6.07 Å². The van der Waals surface area contributed by atoms with Gasteiger partial charge in [-0.2, -0.15) is 0 Å². The predicted molar refractivity (Wildman–Crippen MR) is 53.7 cm³/mol. The zero-order chi connectivity index (χ0) is 9.84. The predicted octanol–water partition coefficient (Wildman–Crippen LogP) is 2.14. The number of benzene rings is 1. The molecule has 0 saturated carbocycles. The summed E-state index contributed by atoms with van der Waals surface area (Å²) in [4.78, 5) is 0.166. The summed E-state index contributed by atoms with van der Waals surface area (Å²) in [7, 11) is 0. The van der Waals surface area contributed by atoms with Crippen LogP contribution in [0, 0.1) is 5.82 Å². The molecule has 2 N–H and O–H groups in total. The van der Waals surface area contributed by atoms with Gasteiger partial charge in [-0.05, 0) is 12.1 Å². The number of hydrogen-bond donors (Lipinski definition) is 1. The minimum atomic E-state index is -0.597. The summed E-state index contributed by atoms with van der Waals surface area (Å²) < 4.78 is 18.1. The molecule has 0 aromatic heterocycles. The van der Waals surface area contributed by atoms with E-state index >= 15 is 0 Å². The lowest BCUT2D eigenvalue weighted by atomic mass is 10.3. The highest BCUT2D eigenvalue weighted by Gasteiger charge is 2.06. The van der Waals surface area contributed by atoms with Gasteiger partial charge < -0.3 is 10.5 Å². The molecule has 0 heterocycles. The standard InChI is InChI=1S/C8H7ClFNOS/c9-5-2-1-3-6(8(5)10)12-4-7(11)13/h1-3H,4H2,(H2,11,13). The number of halogens is 2. The first-order valence-corrected chi connectivity index (χ1v) is 4.25. The smallest absolute Gasteiger partial charge is 0.183 e. The molecule has 0 radical (unpaired) electrons. The number of rotatable bonds is 3. The minimum Gasteiger partial charge on any atom is -0.483 e. The van der Waals surface area contributed by atoms with Crippen molar-refractivity contribution in [3.63, 3.8) is 0 Å². The lowest BCUT2D eigenvalue weighted by Gasteiger charge is -2.05. The molecule has 1 aromatic carbocycles. The zero-order valence-corrected chi connectivity index (χ0v) is 8.16. The maximum absolute atomic E-state index is 13.1. The van der Waals surface area contributed by atoms with E-state index in [0.29, 0.717) is 0 Å². The van der Waals surface area contributed by atoms with Crippen LogP contribution in [0.2, 0.25) is 5.02 Å². The van der Waals surface area contributed by atoms with Crippen LogP contribution in [0.3, 0.4) is 0 Å². The van der Waals surface area contributed by atoms with Gasteiger partial charge in [-0.15, -0.1) is 0 Å². The summed E-state index contributed by atoms with van der Waals surface area (Å²) in [6.45, 7) is 0.00654. The van der Waals surface area contributed by atoms with Crippen molar-refractivity contribution >= 4 is 28.8 Å². The quantitative estimate of drug-likeness (QED) is 0.792. The molecule has 0 spiro atoms. The van der Waals surface area contributed by atoms with E-state index in [1.165, 1.54) is 12.1 Å². The molecule has 2 nitrogen and oxygen atoms in total. The van der Waals surface area contributed by atoms with Gasteiger partial charge in [0.15, 0.2) is 11.6 Å². The van der Waals surface area contributed by atoms with Gasteiger partial charge in [0.1, 0.15) is 11.6 Å². The van der Waals surface area contributed by atoms with E-state index in [0.717, 1.165) is 0 Å². The van der Waals surface area contributed by atoms with Gasteiger partial charge in [0.05, 0.1) is 5.02 Å². The minimum absolute atomic E-state index is 0.00654. The van der Waals surface area contributed by atoms with Crippen LogP contribution < -0.4 is 10.5 Å². The molecule has 0 saturated heterocycles. The summed E-state index contributed by atoms with van der Waals surface area (Å²) in [6.07, 6.45) is 0. The topological polar surface area (TPSA) is 35.2 Å². The summed E-state index contributed by atoms with van der Waals surface area (Å²) >= 11 is 10.1. The van der Waals surface area contributed by atoms with Crippen LogP contribution in [-0.4, -0.2) is 11.6 Å². The normalized spacial score (nSPS) is 9.69. The number of ether oxygens (including phenoxy) is 1. The van der Waals surface area contributed by atoms with Crippen molar-refractivity contribution in [1.82, 2.24) is 0 Å². The van der Waals surface area contributed by atoms with E-state index in [-0.39, 0.29) is 22.4 Å². The van der Waals surface area contributed by atoms with Crippen molar-refractivity contribution in [3.8, 4) is 5.75 Å². The number of thiocarbonyl (C=S) groups is 1. The second kappa shape index (κ2) is 4.39. The van der Waals surface area contributed by atoms with Gasteiger partial charge in [-0.3, -0.25) is 0 Å². The fourth-order valence-electron chi connectivity index (χ4n) is 0.744. The van der Waals surface area contributed by atoms with Gasteiger partial charge in [0, 0.05) is 0 Å². The van der Waals surface area contributed by atoms with E-state index in [1.807, 2.05) is 0 Å². The first-order valence-electron chi connectivity index (χ1n) is 3.46. The fraction of sp³-hybridized carbons (Fsp3) is 0.125. The first-order chi connectivity index (χ1) is 6.11. The van der Waals surface area contributed by atoms with E-state index in [9.17, 15) is 4.39 Å². The van der Waals surface area contributed by atoms with Crippen molar-refractivity contribution in [2.45, 2.75) is 0 Å². The highest BCUT2D eigenvalue weighted by atomic mass is 35.5. The summed E-state index contributed by atoms with van der Waals surface area (Å²) in [6, 6.07) is 4.48. The van der Waals surface area contributed by atoms with Gasteiger partial charge >= 0.3 is 0 Å². The Kier molecular flexibility index (Phi) is 3.45. The molecule has 0 bridgehead atoms. The third-order valence-corrected chi connectivity index (χ3v) is 1.70. The molecule has 0 amide bonds.